The molecule has 0 aromatic heterocycles. The third-order valence-electron chi connectivity index (χ3n) is 3.95. The van der Waals surface area contributed by atoms with E-state index in [0.717, 1.165) is 38.1 Å². The average molecular weight is 267 g/mol. The molecule has 1 saturated carbocycles. The molecule has 1 heterocycles. The Morgan fingerprint density at radius 2 is 2.11 bits per heavy atom. The number of rotatable bonds is 7. The number of piperidine rings is 1. The van der Waals surface area contributed by atoms with Crippen LogP contribution in [-0.4, -0.2) is 49.6 Å². The van der Waals surface area contributed by atoms with Crippen molar-refractivity contribution in [2.75, 3.05) is 32.7 Å². The van der Waals surface area contributed by atoms with Crippen molar-refractivity contribution >= 4 is 5.91 Å². The highest BCUT2D eigenvalue weighted by atomic mass is 16.2. The normalized spacial score (nSPS) is 24.7. The maximum absolute atomic E-state index is 11.8. The molecular formula is C15H29N3O. The van der Waals surface area contributed by atoms with Crippen LogP contribution in [0, 0.1) is 11.8 Å². The van der Waals surface area contributed by atoms with Gasteiger partial charge < -0.3 is 10.6 Å². The van der Waals surface area contributed by atoms with E-state index >= 15 is 0 Å². The summed E-state index contributed by atoms with van der Waals surface area (Å²) in [5.41, 5.74) is 0. The highest BCUT2D eigenvalue weighted by molar-refractivity contribution is 5.78. The molecule has 2 N–H and O–H groups in total. The number of hydrogen-bond donors (Lipinski definition) is 2. The second kappa shape index (κ2) is 7.25. The van der Waals surface area contributed by atoms with Gasteiger partial charge in [-0.25, -0.2) is 0 Å². The van der Waals surface area contributed by atoms with Crippen molar-refractivity contribution in [3.8, 4) is 0 Å². The average Bonchev–Trinajstić information content (AvgIpc) is 3.18. The molecule has 1 saturated heterocycles. The van der Waals surface area contributed by atoms with E-state index < -0.39 is 0 Å². The van der Waals surface area contributed by atoms with Gasteiger partial charge in [0.2, 0.25) is 5.91 Å². The van der Waals surface area contributed by atoms with Gasteiger partial charge in [0, 0.05) is 19.1 Å². The van der Waals surface area contributed by atoms with Crippen LogP contribution in [0.5, 0.6) is 0 Å². The van der Waals surface area contributed by atoms with Crippen LogP contribution in [0.3, 0.4) is 0 Å². The molecule has 0 spiro atoms. The predicted octanol–water partition coefficient (Wildman–Crippen LogP) is 1.22. The molecule has 4 heteroatoms. The topological polar surface area (TPSA) is 44.4 Å². The first-order valence-electron chi connectivity index (χ1n) is 7.86. The molecule has 2 aliphatic rings. The Morgan fingerprint density at radius 1 is 1.32 bits per heavy atom. The molecule has 0 aromatic rings. The van der Waals surface area contributed by atoms with Crippen LogP contribution in [0.2, 0.25) is 0 Å². The number of likely N-dealkylation sites (tertiary alicyclic amines) is 1. The summed E-state index contributed by atoms with van der Waals surface area (Å²) in [6.07, 6.45) is 5.25. The van der Waals surface area contributed by atoms with E-state index in [1.165, 1.54) is 25.7 Å². The molecule has 2 rings (SSSR count). The lowest BCUT2D eigenvalue weighted by Crippen LogP contribution is -2.45. The van der Waals surface area contributed by atoms with E-state index in [9.17, 15) is 4.79 Å². The SMILES string of the molecule is CC(C)CNC(=O)CN1CCCC(CNC2CC2)C1. The van der Waals surface area contributed by atoms with Crippen molar-refractivity contribution in [3.63, 3.8) is 0 Å². The molecule has 110 valence electrons. The van der Waals surface area contributed by atoms with E-state index in [-0.39, 0.29) is 5.91 Å². The number of carbonyl (C=O) groups is 1. The van der Waals surface area contributed by atoms with Crippen LogP contribution >= 0.6 is 0 Å². The zero-order valence-electron chi connectivity index (χ0n) is 12.5. The second-order valence-corrected chi connectivity index (χ2v) is 6.62. The summed E-state index contributed by atoms with van der Waals surface area (Å²) in [7, 11) is 0. The monoisotopic (exact) mass is 267 g/mol. The third kappa shape index (κ3) is 5.91. The maximum Gasteiger partial charge on any atom is 0.234 e. The van der Waals surface area contributed by atoms with Crippen molar-refractivity contribution in [1.82, 2.24) is 15.5 Å². The summed E-state index contributed by atoms with van der Waals surface area (Å²) in [6, 6.07) is 0.796. The van der Waals surface area contributed by atoms with E-state index in [0.29, 0.717) is 12.5 Å². The first kappa shape index (κ1) is 14.8. The summed E-state index contributed by atoms with van der Waals surface area (Å²) < 4.78 is 0. The van der Waals surface area contributed by atoms with E-state index in [1.54, 1.807) is 0 Å². The van der Waals surface area contributed by atoms with Crippen LogP contribution in [0.4, 0.5) is 0 Å². The summed E-state index contributed by atoms with van der Waals surface area (Å²) in [4.78, 5) is 14.1. The van der Waals surface area contributed by atoms with E-state index in [4.69, 9.17) is 0 Å². The van der Waals surface area contributed by atoms with Gasteiger partial charge in [-0.05, 0) is 50.6 Å². The minimum Gasteiger partial charge on any atom is -0.355 e. The molecular weight excluding hydrogens is 238 g/mol. The Kier molecular flexibility index (Phi) is 5.64. The Morgan fingerprint density at radius 3 is 2.79 bits per heavy atom. The Hall–Kier alpha value is -0.610. The Balaban J connectivity index is 1.63. The zero-order chi connectivity index (χ0) is 13.7. The molecule has 1 aliphatic carbocycles. The van der Waals surface area contributed by atoms with Gasteiger partial charge in [-0.2, -0.15) is 0 Å². The summed E-state index contributed by atoms with van der Waals surface area (Å²) in [5.74, 6) is 1.44. The molecule has 19 heavy (non-hydrogen) atoms. The fourth-order valence-electron chi connectivity index (χ4n) is 2.66. The maximum atomic E-state index is 11.8. The molecule has 0 bridgehead atoms. The smallest absolute Gasteiger partial charge is 0.234 e. The quantitative estimate of drug-likeness (QED) is 0.729. The van der Waals surface area contributed by atoms with E-state index in [2.05, 4.69) is 29.4 Å². The molecule has 0 radical (unpaired) electrons. The van der Waals surface area contributed by atoms with Crippen molar-refractivity contribution in [2.24, 2.45) is 11.8 Å². The molecule has 2 fully saturated rings. The van der Waals surface area contributed by atoms with Crippen molar-refractivity contribution in [1.29, 1.82) is 0 Å². The van der Waals surface area contributed by atoms with Gasteiger partial charge in [0.25, 0.3) is 0 Å². The fourth-order valence-corrected chi connectivity index (χ4v) is 2.66. The molecule has 4 nitrogen and oxygen atoms in total. The van der Waals surface area contributed by atoms with Crippen molar-refractivity contribution in [2.45, 2.75) is 45.6 Å². The first-order valence-corrected chi connectivity index (χ1v) is 7.86. The van der Waals surface area contributed by atoms with Crippen LogP contribution < -0.4 is 10.6 Å². The van der Waals surface area contributed by atoms with Crippen LogP contribution in [0.15, 0.2) is 0 Å². The minimum absolute atomic E-state index is 0.185. The van der Waals surface area contributed by atoms with E-state index in [1.807, 2.05) is 0 Å². The predicted molar refractivity (Wildman–Crippen MR) is 78.0 cm³/mol. The van der Waals surface area contributed by atoms with Gasteiger partial charge in [0.1, 0.15) is 0 Å². The van der Waals surface area contributed by atoms with Crippen LogP contribution in [-0.2, 0) is 4.79 Å². The number of hydrogen-bond acceptors (Lipinski definition) is 3. The summed E-state index contributed by atoms with van der Waals surface area (Å²) in [5, 5.41) is 6.62. The van der Waals surface area contributed by atoms with Crippen LogP contribution in [0.25, 0.3) is 0 Å². The van der Waals surface area contributed by atoms with Crippen molar-refractivity contribution in [3.05, 3.63) is 0 Å². The standard InChI is InChI=1S/C15H29N3O/c1-12(2)8-17-15(19)11-18-7-3-4-13(10-18)9-16-14-5-6-14/h12-14,16H,3-11H2,1-2H3,(H,17,19). The largest absolute Gasteiger partial charge is 0.355 e. The number of nitrogens with zero attached hydrogens (tertiary/aromatic N) is 1. The summed E-state index contributed by atoms with van der Waals surface area (Å²) in [6.45, 7) is 8.91. The zero-order valence-corrected chi connectivity index (χ0v) is 12.5. The number of amides is 1. The van der Waals surface area contributed by atoms with Gasteiger partial charge in [-0.15, -0.1) is 0 Å². The van der Waals surface area contributed by atoms with Gasteiger partial charge in [0.15, 0.2) is 0 Å². The molecule has 1 atom stereocenters. The lowest BCUT2D eigenvalue weighted by molar-refractivity contribution is -0.122. The van der Waals surface area contributed by atoms with Crippen LogP contribution in [0.1, 0.15) is 39.5 Å². The van der Waals surface area contributed by atoms with Gasteiger partial charge >= 0.3 is 0 Å². The minimum atomic E-state index is 0.185. The van der Waals surface area contributed by atoms with Gasteiger partial charge in [0.05, 0.1) is 6.54 Å². The third-order valence-corrected chi connectivity index (χ3v) is 3.95. The van der Waals surface area contributed by atoms with Gasteiger partial charge in [-0.3, -0.25) is 9.69 Å². The number of carbonyl (C=O) groups excluding carboxylic acids is 1. The fraction of sp³-hybridized carbons (Fsp3) is 0.933. The first-order chi connectivity index (χ1) is 9.13. The highest BCUT2D eigenvalue weighted by Gasteiger charge is 2.25. The molecule has 0 aromatic carbocycles. The molecule has 1 aliphatic heterocycles. The summed E-state index contributed by atoms with van der Waals surface area (Å²) >= 11 is 0. The Bertz CT molecular complexity index is 289. The molecule has 1 unspecified atom stereocenters. The lowest BCUT2D eigenvalue weighted by atomic mass is 9.98. The number of nitrogens with one attached hydrogen (secondary N) is 2. The van der Waals surface area contributed by atoms with Crippen molar-refractivity contribution < 1.29 is 4.79 Å². The second-order valence-electron chi connectivity index (χ2n) is 6.62. The highest BCUT2D eigenvalue weighted by Crippen LogP contribution is 2.21. The van der Waals surface area contributed by atoms with Gasteiger partial charge in [-0.1, -0.05) is 13.8 Å². The molecule has 1 amide bonds. The lowest BCUT2D eigenvalue weighted by Gasteiger charge is -2.32. The Labute approximate surface area is 117 Å².